The standard InChI is InChI=1S/C13H22N2O/c1-4-13(3)10-15(8-7-14-13)9-12-6-5-11(2)16-12/h5-6,14H,4,7-10H2,1-3H3. The Morgan fingerprint density at radius 1 is 1.50 bits per heavy atom. The quantitative estimate of drug-likeness (QED) is 0.849. The van der Waals surface area contributed by atoms with Crippen LogP contribution in [0.15, 0.2) is 16.5 Å². The lowest BCUT2D eigenvalue weighted by Crippen LogP contribution is -2.57. The molecular formula is C13H22N2O. The summed E-state index contributed by atoms with van der Waals surface area (Å²) in [7, 11) is 0. The van der Waals surface area contributed by atoms with Crippen molar-refractivity contribution in [1.82, 2.24) is 10.2 Å². The van der Waals surface area contributed by atoms with Crippen molar-refractivity contribution in [1.29, 1.82) is 0 Å². The number of nitrogens with one attached hydrogen (secondary N) is 1. The lowest BCUT2D eigenvalue weighted by Gasteiger charge is -2.40. The second-order valence-corrected chi connectivity index (χ2v) is 5.06. The van der Waals surface area contributed by atoms with Gasteiger partial charge < -0.3 is 9.73 Å². The average Bonchev–Trinajstić information content (AvgIpc) is 2.64. The van der Waals surface area contributed by atoms with Gasteiger partial charge in [-0.2, -0.15) is 0 Å². The summed E-state index contributed by atoms with van der Waals surface area (Å²) >= 11 is 0. The van der Waals surface area contributed by atoms with Gasteiger partial charge in [0.15, 0.2) is 0 Å². The second-order valence-electron chi connectivity index (χ2n) is 5.06. The van der Waals surface area contributed by atoms with E-state index in [-0.39, 0.29) is 5.54 Å². The van der Waals surface area contributed by atoms with Crippen LogP contribution in [0.3, 0.4) is 0 Å². The molecular weight excluding hydrogens is 200 g/mol. The zero-order chi connectivity index (χ0) is 11.6. The molecule has 16 heavy (non-hydrogen) atoms. The van der Waals surface area contributed by atoms with Crippen LogP contribution in [0, 0.1) is 6.92 Å². The van der Waals surface area contributed by atoms with Gasteiger partial charge in [0.2, 0.25) is 0 Å². The summed E-state index contributed by atoms with van der Waals surface area (Å²) in [5.74, 6) is 2.08. The fourth-order valence-corrected chi connectivity index (χ4v) is 2.31. The number of hydrogen-bond acceptors (Lipinski definition) is 3. The molecule has 1 saturated heterocycles. The Morgan fingerprint density at radius 2 is 2.31 bits per heavy atom. The maximum absolute atomic E-state index is 5.63. The van der Waals surface area contributed by atoms with Crippen molar-refractivity contribution in [2.24, 2.45) is 0 Å². The van der Waals surface area contributed by atoms with Gasteiger partial charge in [0.1, 0.15) is 11.5 Å². The first-order chi connectivity index (χ1) is 7.61. The summed E-state index contributed by atoms with van der Waals surface area (Å²) in [6.07, 6.45) is 1.17. The largest absolute Gasteiger partial charge is 0.465 e. The second kappa shape index (κ2) is 4.60. The summed E-state index contributed by atoms with van der Waals surface area (Å²) in [5.41, 5.74) is 0.264. The molecule has 1 aliphatic rings. The molecule has 1 aromatic rings. The first-order valence-corrected chi connectivity index (χ1v) is 6.14. The minimum absolute atomic E-state index is 0.264. The number of hydrogen-bond donors (Lipinski definition) is 1. The molecule has 3 nitrogen and oxygen atoms in total. The summed E-state index contributed by atoms with van der Waals surface area (Å²) in [5, 5.41) is 3.59. The lowest BCUT2D eigenvalue weighted by molar-refractivity contribution is 0.126. The van der Waals surface area contributed by atoms with Crippen LogP contribution in [0.1, 0.15) is 31.8 Å². The van der Waals surface area contributed by atoms with Gasteiger partial charge in [0.05, 0.1) is 6.54 Å². The molecule has 1 fully saturated rings. The summed E-state index contributed by atoms with van der Waals surface area (Å²) < 4.78 is 5.63. The van der Waals surface area contributed by atoms with E-state index >= 15 is 0 Å². The van der Waals surface area contributed by atoms with Gasteiger partial charge in [-0.3, -0.25) is 4.90 Å². The first kappa shape index (κ1) is 11.7. The Kier molecular flexibility index (Phi) is 3.36. The van der Waals surface area contributed by atoms with E-state index in [1.807, 2.05) is 13.0 Å². The molecule has 0 spiro atoms. The fourth-order valence-electron chi connectivity index (χ4n) is 2.31. The monoisotopic (exact) mass is 222 g/mol. The number of aryl methyl sites for hydroxylation is 1. The maximum Gasteiger partial charge on any atom is 0.118 e. The Bertz CT molecular complexity index is 347. The summed E-state index contributed by atoms with van der Waals surface area (Å²) in [4.78, 5) is 2.47. The third-order valence-electron chi connectivity index (χ3n) is 3.51. The predicted octanol–water partition coefficient (Wildman–Crippen LogP) is 2.16. The van der Waals surface area contributed by atoms with Crippen molar-refractivity contribution in [3.8, 4) is 0 Å². The zero-order valence-corrected chi connectivity index (χ0v) is 10.5. The Morgan fingerprint density at radius 3 is 2.94 bits per heavy atom. The van der Waals surface area contributed by atoms with Crippen molar-refractivity contribution in [2.45, 2.75) is 39.3 Å². The van der Waals surface area contributed by atoms with E-state index in [0.717, 1.165) is 37.7 Å². The zero-order valence-electron chi connectivity index (χ0n) is 10.5. The molecule has 1 unspecified atom stereocenters. The highest BCUT2D eigenvalue weighted by Gasteiger charge is 2.28. The highest BCUT2D eigenvalue weighted by molar-refractivity contribution is 5.06. The molecule has 0 saturated carbocycles. The maximum atomic E-state index is 5.63. The highest BCUT2D eigenvalue weighted by Crippen LogP contribution is 2.18. The van der Waals surface area contributed by atoms with E-state index in [4.69, 9.17) is 4.42 Å². The molecule has 0 radical (unpaired) electrons. The molecule has 2 heterocycles. The fraction of sp³-hybridized carbons (Fsp3) is 0.692. The van der Waals surface area contributed by atoms with Crippen LogP contribution in [-0.4, -0.2) is 30.1 Å². The molecule has 1 N–H and O–H groups in total. The van der Waals surface area contributed by atoms with Crippen molar-refractivity contribution >= 4 is 0 Å². The molecule has 0 aromatic carbocycles. The van der Waals surface area contributed by atoms with Crippen molar-refractivity contribution < 1.29 is 4.42 Å². The predicted molar refractivity (Wildman–Crippen MR) is 65.4 cm³/mol. The number of piperazine rings is 1. The molecule has 2 rings (SSSR count). The SMILES string of the molecule is CCC1(C)CN(Cc2ccc(C)o2)CCN1. The molecule has 1 aromatic heterocycles. The molecule has 0 aliphatic carbocycles. The smallest absolute Gasteiger partial charge is 0.118 e. The Labute approximate surface area is 97.8 Å². The molecule has 0 amide bonds. The average molecular weight is 222 g/mol. The van der Waals surface area contributed by atoms with Gasteiger partial charge in [-0.05, 0) is 32.4 Å². The van der Waals surface area contributed by atoms with Gasteiger partial charge in [-0.1, -0.05) is 6.92 Å². The highest BCUT2D eigenvalue weighted by atomic mass is 16.3. The van der Waals surface area contributed by atoms with E-state index in [9.17, 15) is 0 Å². The van der Waals surface area contributed by atoms with Crippen LogP contribution in [0.2, 0.25) is 0 Å². The number of rotatable bonds is 3. The number of furan rings is 1. The van der Waals surface area contributed by atoms with Gasteiger partial charge in [0.25, 0.3) is 0 Å². The minimum atomic E-state index is 0.264. The van der Waals surface area contributed by atoms with Crippen molar-refractivity contribution in [3.63, 3.8) is 0 Å². The van der Waals surface area contributed by atoms with Gasteiger partial charge >= 0.3 is 0 Å². The molecule has 3 heteroatoms. The van der Waals surface area contributed by atoms with E-state index in [2.05, 4.69) is 30.1 Å². The van der Waals surface area contributed by atoms with Crippen LogP contribution in [0.5, 0.6) is 0 Å². The van der Waals surface area contributed by atoms with Crippen LogP contribution >= 0.6 is 0 Å². The number of nitrogens with zero attached hydrogens (tertiary/aromatic N) is 1. The van der Waals surface area contributed by atoms with E-state index in [0.29, 0.717) is 0 Å². The summed E-state index contributed by atoms with van der Waals surface area (Å²) in [6.45, 7) is 10.8. The van der Waals surface area contributed by atoms with Crippen LogP contribution in [0.4, 0.5) is 0 Å². The molecule has 0 bridgehead atoms. The molecule has 1 atom stereocenters. The lowest BCUT2D eigenvalue weighted by atomic mass is 9.96. The van der Waals surface area contributed by atoms with Gasteiger partial charge in [-0.15, -0.1) is 0 Å². The first-order valence-electron chi connectivity index (χ1n) is 6.14. The topological polar surface area (TPSA) is 28.4 Å². The third kappa shape index (κ3) is 2.66. The van der Waals surface area contributed by atoms with E-state index < -0.39 is 0 Å². The Balaban J connectivity index is 1.95. The Hall–Kier alpha value is -0.800. The molecule has 1 aliphatic heterocycles. The van der Waals surface area contributed by atoms with Crippen LogP contribution in [0.25, 0.3) is 0 Å². The van der Waals surface area contributed by atoms with Crippen LogP contribution in [-0.2, 0) is 6.54 Å². The molecule has 90 valence electrons. The van der Waals surface area contributed by atoms with Crippen molar-refractivity contribution in [3.05, 3.63) is 23.7 Å². The van der Waals surface area contributed by atoms with Gasteiger partial charge in [0, 0.05) is 25.2 Å². The van der Waals surface area contributed by atoms with E-state index in [1.165, 1.54) is 6.42 Å². The van der Waals surface area contributed by atoms with Crippen molar-refractivity contribution in [2.75, 3.05) is 19.6 Å². The van der Waals surface area contributed by atoms with Crippen LogP contribution < -0.4 is 5.32 Å². The van der Waals surface area contributed by atoms with Gasteiger partial charge in [-0.25, -0.2) is 0 Å². The summed E-state index contributed by atoms with van der Waals surface area (Å²) in [6, 6.07) is 4.12. The normalized spacial score (nSPS) is 27.2. The minimum Gasteiger partial charge on any atom is -0.465 e. The third-order valence-corrected chi connectivity index (χ3v) is 3.51. The van der Waals surface area contributed by atoms with E-state index in [1.54, 1.807) is 0 Å².